The van der Waals surface area contributed by atoms with Gasteiger partial charge in [-0.3, -0.25) is 14.8 Å². The molecule has 92 valence electrons. The molecule has 0 radical (unpaired) electrons. The Bertz CT molecular complexity index is 280. The van der Waals surface area contributed by atoms with E-state index >= 15 is 0 Å². The summed E-state index contributed by atoms with van der Waals surface area (Å²) in [6.07, 6.45) is 2.01. The Morgan fingerprint density at radius 2 is 2.00 bits per heavy atom. The SMILES string of the molecule is CCOC(=O)C(CC=C(C)C)C(=O)N(C)O. The van der Waals surface area contributed by atoms with Gasteiger partial charge in [0.1, 0.15) is 5.92 Å². The van der Waals surface area contributed by atoms with Gasteiger partial charge in [-0.25, -0.2) is 5.06 Å². The molecule has 1 unspecified atom stereocenters. The lowest BCUT2D eigenvalue weighted by Crippen LogP contribution is -2.35. The molecular weight excluding hydrogens is 210 g/mol. The maximum atomic E-state index is 11.5. The second-order valence-electron chi connectivity index (χ2n) is 3.68. The van der Waals surface area contributed by atoms with Crippen LogP contribution in [-0.2, 0) is 14.3 Å². The van der Waals surface area contributed by atoms with Gasteiger partial charge in [-0.1, -0.05) is 11.6 Å². The molecule has 0 aromatic carbocycles. The molecule has 1 N–H and O–H groups in total. The van der Waals surface area contributed by atoms with Crippen LogP contribution in [0.1, 0.15) is 27.2 Å². The van der Waals surface area contributed by atoms with E-state index in [-0.39, 0.29) is 13.0 Å². The number of ether oxygens (including phenoxy) is 1. The topological polar surface area (TPSA) is 66.8 Å². The predicted octanol–water partition coefficient (Wildman–Crippen LogP) is 1.37. The highest BCUT2D eigenvalue weighted by Gasteiger charge is 2.29. The Balaban J connectivity index is 4.69. The van der Waals surface area contributed by atoms with Crippen molar-refractivity contribution in [2.45, 2.75) is 27.2 Å². The number of hydrogen-bond acceptors (Lipinski definition) is 4. The van der Waals surface area contributed by atoms with Crippen molar-refractivity contribution >= 4 is 11.9 Å². The summed E-state index contributed by atoms with van der Waals surface area (Å²) in [5.74, 6) is -2.23. The number of esters is 1. The van der Waals surface area contributed by atoms with Crippen LogP contribution < -0.4 is 0 Å². The van der Waals surface area contributed by atoms with Gasteiger partial charge < -0.3 is 4.74 Å². The van der Waals surface area contributed by atoms with E-state index in [0.717, 1.165) is 5.57 Å². The van der Waals surface area contributed by atoms with Crippen LogP contribution in [0.4, 0.5) is 0 Å². The van der Waals surface area contributed by atoms with Crippen molar-refractivity contribution in [3.05, 3.63) is 11.6 Å². The molecule has 0 rings (SSSR count). The molecule has 5 heteroatoms. The van der Waals surface area contributed by atoms with Crippen molar-refractivity contribution in [1.82, 2.24) is 5.06 Å². The Morgan fingerprint density at radius 1 is 1.44 bits per heavy atom. The maximum absolute atomic E-state index is 11.5. The van der Waals surface area contributed by atoms with Gasteiger partial charge in [0.05, 0.1) is 6.61 Å². The van der Waals surface area contributed by atoms with Crippen LogP contribution in [0.25, 0.3) is 0 Å². The number of hydrogen-bond donors (Lipinski definition) is 1. The lowest BCUT2D eigenvalue weighted by molar-refractivity contribution is -0.171. The lowest BCUT2D eigenvalue weighted by atomic mass is 10.0. The Hall–Kier alpha value is -1.36. The first kappa shape index (κ1) is 14.6. The van der Waals surface area contributed by atoms with Crippen molar-refractivity contribution in [2.24, 2.45) is 5.92 Å². The summed E-state index contributed by atoms with van der Waals surface area (Å²) in [5, 5.41) is 9.45. The Kier molecular flexibility index (Phi) is 6.41. The van der Waals surface area contributed by atoms with Crippen molar-refractivity contribution in [2.75, 3.05) is 13.7 Å². The Labute approximate surface area is 95.6 Å². The second kappa shape index (κ2) is 7.00. The van der Waals surface area contributed by atoms with Gasteiger partial charge in [0, 0.05) is 7.05 Å². The van der Waals surface area contributed by atoms with E-state index in [1.807, 2.05) is 13.8 Å². The summed E-state index contributed by atoms with van der Waals surface area (Å²) in [6.45, 7) is 5.63. The van der Waals surface area contributed by atoms with Gasteiger partial charge >= 0.3 is 5.97 Å². The minimum atomic E-state index is -0.968. The van der Waals surface area contributed by atoms with Gasteiger partial charge in [0.2, 0.25) is 0 Å². The van der Waals surface area contributed by atoms with Gasteiger partial charge in [-0.15, -0.1) is 0 Å². The number of carbonyl (C=O) groups excluding carboxylic acids is 2. The zero-order valence-electron chi connectivity index (χ0n) is 10.2. The van der Waals surface area contributed by atoms with E-state index in [1.165, 1.54) is 7.05 Å². The normalized spacial score (nSPS) is 11.6. The largest absolute Gasteiger partial charge is 0.465 e. The highest BCUT2D eigenvalue weighted by Crippen LogP contribution is 2.11. The van der Waals surface area contributed by atoms with E-state index in [2.05, 4.69) is 0 Å². The van der Waals surface area contributed by atoms with Crippen molar-refractivity contribution in [3.63, 3.8) is 0 Å². The Morgan fingerprint density at radius 3 is 2.38 bits per heavy atom. The highest BCUT2D eigenvalue weighted by molar-refractivity contribution is 5.97. The minimum absolute atomic E-state index is 0.215. The molecule has 0 heterocycles. The fourth-order valence-corrected chi connectivity index (χ4v) is 1.12. The predicted molar refractivity (Wildman–Crippen MR) is 58.7 cm³/mol. The molecule has 0 bridgehead atoms. The summed E-state index contributed by atoms with van der Waals surface area (Å²) >= 11 is 0. The van der Waals surface area contributed by atoms with Crippen LogP contribution in [0, 0.1) is 5.92 Å². The monoisotopic (exact) mass is 229 g/mol. The van der Waals surface area contributed by atoms with Gasteiger partial charge in [0.25, 0.3) is 5.91 Å². The number of allylic oxidation sites excluding steroid dienone is 2. The quantitative estimate of drug-likeness (QED) is 0.254. The maximum Gasteiger partial charge on any atom is 0.318 e. The molecule has 16 heavy (non-hydrogen) atoms. The van der Waals surface area contributed by atoms with Crippen LogP contribution in [0.15, 0.2) is 11.6 Å². The highest BCUT2D eigenvalue weighted by atomic mass is 16.5. The van der Waals surface area contributed by atoms with Crippen molar-refractivity contribution < 1.29 is 19.5 Å². The second-order valence-corrected chi connectivity index (χ2v) is 3.68. The smallest absolute Gasteiger partial charge is 0.318 e. The number of hydroxylamine groups is 2. The van der Waals surface area contributed by atoms with E-state index < -0.39 is 17.8 Å². The van der Waals surface area contributed by atoms with E-state index in [4.69, 9.17) is 9.94 Å². The molecular formula is C11H19NO4. The van der Waals surface area contributed by atoms with Crippen LogP contribution in [-0.4, -0.2) is 35.8 Å². The van der Waals surface area contributed by atoms with Gasteiger partial charge in [-0.05, 0) is 27.2 Å². The molecule has 0 aromatic rings. The molecule has 0 spiro atoms. The van der Waals surface area contributed by atoms with E-state index in [1.54, 1.807) is 13.0 Å². The third kappa shape index (κ3) is 4.93. The standard InChI is InChI=1S/C11H19NO4/c1-5-16-11(14)9(7-6-8(2)3)10(13)12(4)15/h6,9,15H,5,7H2,1-4H3. The fourth-order valence-electron chi connectivity index (χ4n) is 1.12. The molecule has 1 amide bonds. The fraction of sp³-hybridized carbons (Fsp3) is 0.636. The first-order chi connectivity index (χ1) is 7.40. The molecule has 0 saturated heterocycles. The summed E-state index contributed by atoms with van der Waals surface area (Å²) < 4.78 is 4.78. The number of nitrogens with zero attached hydrogens (tertiary/aromatic N) is 1. The van der Waals surface area contributed by atoms with E-state index in [9.17, 15) is 9.59 Å². The average Bonchev–Trinajstić information content (AvgIpc) is 2.17. The summed E-state index contributed by atoms with van der Waals surface area (Å²) in [7, 11) is 1.19. The number of rotatable bonds is 5. The summed E-state index contributed by atoms with van der Waals surface area (Å²) in [6, 6.07) is 0. The molecule has 0 aliphatic carbocycles. The van der Waals surface area contributed by atoms with Gasteiger partial charge in [0.15, 0.2) is 0 Å². The van der Waals surface area contributed by atoms with Crippen molar-refractivity contribution in [3.8, 4) is 0 Å². The molecule has 1 atom stereocenters. The van der Waals surface area contributed by atoms with Crippen LogP contribution in [0.3, 0.4) is 0 Å². The first-order valence-corrected chi connectivity index (χ1v) is 5.16. The molecule has 0 fully saturated rings. The lowest BCUT2D eigenvalue weighted by Gasteiger charge is -2.16. The molecule has 0 aliphatic heterocycles. The average molecular weight is 229 g/mol. The number of carbonyl (C=O) groups is 2. The zero-order valence-corrected chi connectivity index (χ0v) is 10.2. The van der Waals surface area contributed by atoms with E-state index in [0.29, 0.717) is 5.06 Å². The molecule has 0 saturated carbocycles. The van der Waals surface area contributed by atoms with Gasteiger partial charge in [-0.2, -0.15) is 0 Å². The van der Waals surface area contributed by atoms with Crippen LogP contribution >= 0.6 is 0 Å². The first-order valence-electron chi connectivity index (χ1n) is 5.16. The van der Waals surface area contributed by atoms with Crippen LogP contribution in [0.5, 0.6) is 0 Å². The van der Waals surface area contributed by atoms with Crippen LogP contribution in [0.2, 0.25) is 0 Å². The molecule has 0 aromatic heterocycles. The molecule has 0 aliphatic rings. The summed E-state index contributed by atoms with van der Waals surface area (Å²) in [4.78, 5) is 23.0. The number of amides is 1. The minimum Gasteiger partial charge on any atom is -0.465 e. The zero-order chi connectivity index (χ0) is 12.7. The molecule has 5 nitrogen and oxygen atoms in total. The third-order valence-electron chi connectivity index (χ3n) is 1.95. The summed E-state index contributed by atoms with van der Waals surface area (Å²) in [5.41, 5.74) is 1.00. The third-order valence-corrected chi connectivity index (χ3v) is 1.95. The van der Waals surface area contributed by atoms with Crippen molar-refractivity contribution in [1.29, 1.82) is 0 Å².